The van der Waals surface area contributed by atoms with Crippen LogP contribution in [0.3, 0.4) is 0 Å². The Labute approximate surface area is 112 Å². The Balaban J connectivity index is 0. The molecular weight excluding hydrogens is 369 g/mol. The number of hydrogen-bond donors (Lipinski definition) is 0. The molecule has 14 heavy (non-hydrogen) atoms. The molecule has 0 aromatic carbocycles. The van der Waals surface area contributed by atoms with E-state index >= 15 is 0 Å². The molecule has 0 atom stereocenters. The van der Waals surface area contributed by atoms with E-state index in [1.54, 1.807) is 13.3 Å². The summed E-state index contributed by atoms with van der Waals surface area (Å²) in [7, 11) is 0. The third kappa shape index (κ3) is 11.5. The van der Waals surface area contributed by atoms with Gasteiger partial charge in [-0.3, -0.25) is 0 Å². The van der Waals surface area contributed by atoms with Gasteiger partial charge in [0.2, 0.25) is 0 Å². The van der Waals surface area contributed by atoms with Crippen LogP contribution >= 0.6 is 0 Å². The van der Waals surface area contributed by atoms with Crippen molar-refractivity contribution in [2.45, 2.75) is 72.6 Å². The van der Waals surface area contributed by atoms with Gasteiger partial charge in [-0.2, -0.15) is 0 Å². The van der Waals surface area contributed by atoms with Gasteiger partial charge in [0.25, 0.3) is 0 Å². The van der Waals surface area contributed by atoms with Gasteiger partial charge in [0, 0.05) is 20.4 Å². The van der Waals surface area contributed by atoms with Gasteiger partial charge in [0.15, 0.2) is 0 Å². The van der Waals surface area contributed by atoms with E-state index in [1.165, 1.54) is 38.5 Å². The van der Waals surface area contributed by atoms with Crippen LogP contribution in [0.4, 0.5) is 0 Å². The predicted octanol–water partition coefficient (Wildman–Crippen LogP) is 4.88. The zero-order chi connectivity index (χ0) is 9.94. The summed E-state index contributed by atoms with van der Waals surface area (Å²) in [6.07, 6.45) is 8.85. The fourth-order valence-electron chi connectivity index (χ4n) is 1.66. The van der Waals surface area contributed by atoms with Gasteiger partial charge in [-0.15, -0.1) is 0 Å². The maximum atomic E-state index is 2.33. The second-order valence-electron chi connectivity index (χ2n) is 4.06. The predicted molar refractivity (Wildman–Crippen MR) is 64.9 cm³/mol. The van der Waals surface area contributed by atoms with Crippen molar-refractivity contribution in [2.24, 2.45) is 0 Å². The first-order valence-corrected chi connectivity index (χ1v) is 12.2. The van der Waals surface area contributed by atoms with Crippen molar-refractivity contribution in [3.05, 3.63) is 0 Å². The molecule has 0 N–H and O–H groups in total. The van der Waals surface area contributed by atoms with E-state index in [2.05, 4.69) is 20.8 Å². The molecule has 0 unspecified atom stereocenters. The van der Waals surface area contributed by atoms with Gasteiger partial charge in [-0.05, 0) is 0 Å². The van der Waals surface area contributed by atoms with E-state index in [1.807, 2.05) is 0 Å². The summed E-state index contributed by atoms with van der Waals surface area (Å²) in [5.41, 5.74) is 0. The Morgan fingerprint density at radius 2 is 0.929 bits per heavy atom. The van der Waals surface area contributed by atoms with Gasteiger partial charge in [-0.25, -0.2) is 0 Å². The summed E-state index contributed by atoms with van der Waals surface area (Å²) in [4.78, 5) is 0. The van der Waals surface area contributed by atoms with Crippen molar-refractivity contribution in [2.75, 3.05) is 0 Å². The topological polar surface area (TPSA) is 0 Å². The average Bonchev–Trinajstić information content (AvgIpc) is 2.17. The largest absolute Gasteiger partial charge is 0 e. The molecule has 0 nitrogen and oxygen atoms in total. The molecule has 0 saturated heterocycles. The molecule has 0 rings (SSSR count). The normalized spacial score (nSPS) is 10.3. The van der Waals surface area contributed by atoms with E-state index in [0.29, 0.717) is 0 Å². The van der Waals surface area contributed by atoms with Crippen LogP contribution in [0.15, 0.2) is 0 Å². The first-order valence-electron chi connectivity index (χ1n) is 6.18. The smallest absolute Gasteiger partial charge is 0 e. The summed E-state index contributed by atoms with van der Waals surface area (Å²) in [5, 5.41) is 0. The first kappa shape index (κ1) is 17.8. The van der Waals surface area contributed by atoms with Crippen LogP contribution in [0.25, 0.3) is 0 Å². The van der Waals surface area contributed by atoms with Crippen molar-refractivity contribution in [3.63, 3.8) is 0 Å². The average molecular weight is 396 g/mol. The molecule has 0 spiro atoms. The molecule has 1 radical (unpaired) electrons. The van der Waals surface area contributed by atoms with Gasteiger partial charge < -0.3 is 0 Å². The van der Waals surface area contributed by atoms with Crippen LogP contribution < -0.4 is 0 Å². The second-order valence-corrected chi connectivity index (χ2v) is 12.6. The Morgan fingerprint density at radius 1 is 0.643 bits per heavy atom. The second kappa shape index (κ2) is 14.5. The van der Waals surface area contributed by atoms with Crippen LogP contribution in [0.1, 0.15) is 59.3 Å². The van der Waals surface area contributed by atoms with Crippen molar-refractivity contribution in [1.29, 1.82) is 0 Å². The zero-order valence-electron chi connectivity index (χ0n) is 10.2. The van der Waals surface area contributed by atoms with E-state index in [4.69, 9.17) is 0 Å². The molecule has 0 aliphatic carbocycles. The van der Waals surface area contributed by atoms with Crippen molar-refractivity contribution in [3.8, 4) is 0 Å². The van der Waals surface area contributed by atoms with Crippen LogP contribution in [-0.2, 0) is 20.4 Å². The summed E-state index contributed by atoms with van der Waals surface area (Å²) in [6.45, 7) is 7.00. The molecule has 0 amide bonds. The summed E-state index contributed by atoms with van der Waals surface area (Å²) >= 11 is -0.839. The fraction of sp³-hybridized carbons (Fsp3) is 1.00. The number of unbranched alkanes of at least 4 members (excludes halogenated alkanes) is 3. The van der Waals surface area contributed by atoms with Gasteiger partial charge in [0.05, 0.1) is 0 Å². The molecular formula is C12H27PdSn. The number of hydrogen-bond acceptors (Lipinski definition) is 0. The van der Waals surface area contributed by atoms with Gasteiger partial charge >= 0.3 is 92.4 Å². The third-order valence-corrected chi connectivity index (χ3v) is 11.7. The molecule has 0 aromatic heterocycles. The Morgan fingerprint density at radius 3 is 1.14 bits per heavy atom. The minimum atomic E-state index is -0.839. The molecule has 2 heteroatoms. The molecule has 0 bridgehead atoms. The van der Waals surface area contributed by atoms with Crippen molar-refractivity contribution in [1.82, 2.24) is 0 Å². The Hall–Kier alpha value is 1.46. The van der Waals surface area contributed by atoms with Crippen molar-refractivity contribution < 1.29 is 20.4 Å². The fourth-order valence-corrected chi connectivity index (χ4v) is 11.1. The van der Waals surface area contributed by atoms with Crippen LogP contribution in [-0.4, -0.2) is 19.8 Å². The van der Waals surface area contributed by atoms with Crippen molar-refractivity contribution >= 4 is 19.8 Å². The molecule has 0 saturated carbocycles. The molecule has 0 aliphatic heterocycles. The van der Waals surface area contributed by atoms with E-state index in [9.17, 15) is 0 Å². The number of rotatable bonds is 9. The summed E-state index contributed by atoms with van der Waals surface area (Å²) in [6, 6.07) is 0. The van der Waals surface area contributed by atoms with E-state index < -0.39 is 19.8 Å². The molecule has 89 valence electrons. The monoisotopic (exact) mass is 397 g/mol. The molecule has 0 aromatic rings. The molecule has 0 heterocycles. The summed E-state index contributed by atoms with van der Waals surface area (Å²) in [5.74, 6) is 0. The van der Waals surface area contributed by atoms with E-state index in [0.717, 1.165) is 0 Å². The van der Waals surface area contributed by atoms with Gasteiger partial charge in [0.1, 0.15) is 0 Å². The Bertz CT molecular complexity index is 77.3. The maximum absolute atomic E-state index is 2.33. The Kier molecular flexibility index (Phi) is 18.4. The third-order valence-electron chi connectivity index (χ3n) is 2.65. The SMILES string of the molecule is CCC[CH2][Sn]([CH2]CCC)[CH2]CCC.[Pd]. The van der Waals surface area contributed by atoms with Crippen LogP contribution in [0, 0.1) is 0 Å². The maximum Gasteiger partial charge on any atom is 0 e. The van der Waals surface area contributed by atoms with E-state index in [-0.39, 0.29) is 20.4 Å². The van der Waals surface area contributed by atoms with Crippen LogP contribution in [0.2, 0.25) is 13.3 Å². The standard InChI is InChI=1S/3C4H9.Pd.Sn/c3*1-3-4-2;;/h3*1,3-4H2,2H3;;. The van der Waals surface area contributed by atoms with Crippen LogP contribution in [0.5, 0.6) is 0 Å². The minimum absolute atomic E-state index is 0. The quantitative estimate of drug-likeness (QED) is 0.488. The molecule has 0 fully saturated rings. The zero-order valence-corrected chi connectivity index (χ0v) is 14.6. The first-order chi connectivity index (χ1) is 6.35. The van der Waals surface area contributed by atoms with Gasteiger partial charge in [-0.1, -0.05) is 0 Å². The molecule has 0 aliphatic rings. The minimum Gasteiger partial charge on any atom is 0 e. The summed E-state index contributed by atoms with van der Waals surface area (Å²) < 4.78 is 5.04.